The van der Waals surface area contributed by atoms with Crippen molar-refractivity contribution in [3.63, 3.8) is 0 Å². The largest absolute Gasteiger partial charge is 0.478 e. The van der Waals surface area contributed by atoms with Gasteiger partial charge in [0.1, 0.15) is 0 Å². The highest BCUT2D eigenvalue weighted by molar-refractivity contribution is 6.35. The monoisotopic (exact) mass is 285 g/mol. The van der Waals surface area contributed by atoms with E-state index in [1.54, 1.807) is 12.1 Å². The summed E-state index contributed by atoms with van der Waals surface area (Å²) in [6, 6.07) is 14.8. The van der Waals surface area contributed by atoms with Crippen LogP contribution in [0, 0.1) is 0 Å². The SMILES string of the molecule is O=C(O)c1ccccc1Cn1cc(Cl)c2ccccc21. The van der Waals surface area contributed by atoms with E-state index in [0.717, 1.165) is 16.5 Å². The maximum absolute atomic E-state index is 11.2. The minimum Gasteiger partial charge on any atom is -0.478 e. The van der Waals surface area contributed by atoms with Gasteiger partial charge in [0.15, 0.2) is 0 Å². The summed E-state index contributed by atoms with van der Waals surface area (Å²) >= 11 is 6.21. The number of carbonyl (C=O) groups is 1. The molecule has 0 saturated carbocycles. The minimum absolute atomic E-state index is 0.321. The molecule has 0 aliphatic carbocycles. The molecule has 0 bridgehead atoms. The summed E-state index contributed by atoms with van der Waals surface area (Å²) in [5, 5.41) is 10.9. The molecule has 20 heavy (non-hydrogen) atoms. The summed E-state index contributed by atoms with van der Waals surface area (Å²) < 4.78 is 1.97. The van der Waals surface area contributed by atoms with Gasteiger partial charge in [-0.1, -0.05) is 48.0 Å². The van der Waals surface area contributed by atoms with Gasteiger partial charge in [-0.2, -0.15) is 0 Å². The minimum atomic E-state index is -0.914. The first-order chi connectivity index (χ1) is 9.66. The third-order valence-corrected chi connectivity index (χ3v) is 3.63. The Balaban J connectivity index is 2.08. The molecule has 0 spiro atoms. The average Bonchev–Trinajstić information content (AvgIpc) is 2.76. The molecule has 100 valence electrons. The van der Waals surface area contributed by atoms with E-state index >= 15 is 0 Å². The normalized spacial score (nSPS) is 10.8. The lowest BCUT2D eigenvalue weighted by molar-refractivity contribution is 0.0695. The molecular formula is C16H12ClNO2. The number of fused-ring (bicyclic) bond motifs is 1. The summed E-state index contributed by atoms with van der Waals surface area (Å²) in [7, 11) is 0. The lowest BCUT2D eigenvalue weighted by Crippen LogP contribution is -2.06. The summed E-state index contributed by atoms with van der Waals surface area (Å²) in [4.78, 5) is 11.2. The maximum Gasteiger partial charge on any atom is 0.336 e. The van der Waals surface area contributed by atoms with Crippen LogP contribution in [0.2, 0.25) is 5.02 Å². The van der Waals surface area contributed by atoms with Crippen LogP contribution in [-0.4, -0.2) is 15.6 Å². The third kappa shape index (κ3) is 2.17. The Kier molecular flexibility index (Phi) is 3.20. The van der Waals surface area contributed by atoms with Crippen molar-refractivity contribution >= 4 is 28.5 Å². The van der Waals surface area contributed by atoms with Crippen molar-refractivity contribution in [2.75, 3.05) is 0 Å². The van der Waals surface area contributed by atoms with Crippen molar-refractivity contribution in [1.29, 1.82) is 0 Å². The van der Waals surface area contributed by atoms with Crippen LogP contribution in [0.5, 0.6) is 0 Å². The van der Waals surface area contributed by atoms with Crippen LogP contribution in [-0.2, 0) is 6.54 Å². The van der Waals surface area contributed by atoms with E-state index in [1.807, 2.05) is 47.2 Å². The highest BCUT2D eigenvalue weighted by Crippen LogP contribution is 2.26. The molecule has 1 aromatic heterocycles. The fraction of sp³-hybridized carbons (Fsp3) is 0.0625. The number of hydrogen-bond donors (Lipinski definition) is 1. The molecule has 0 atom stereocenters. The van der Waals surface area contributed by atoms with Gasteiger partial charge >= 0.3 is 5.97 Å². The summed E-state index contributed by atoms with van der Waals surface area (Å²) in [5.41, 5.74) is 2.08. The smallest absolute Gasteiger partial charge is 0.336 e. The Bertz CT molecular complexity index is 792. The molecular weight excluding hydrogens is 274 g/mol. The first-order valence-electron chi connectivity index (χ1n) is 6.21. The molecule has 0 amide bonds. The van der Waals surface area contributed by atoms with E-state index in [1.165, 1.54) is 0 Å². The fourth-order valence-electron chi connectivity index (χ4n) is 2.38. The van der Waals surface area contributed by atoms with Gasteiger partial charge in [-0.3, -0.25) is 0 Å². The quantitative estimate of drug-likeness (QED) is 0.789. The fourth-order valence-corrected chi connectivity index (χ4v) is 2.66. The number of nitrogens with zero attached hydrogens (tertiary/aromatic N) is 1. The van der Waals surface area contributed by atoms with E-state index < -0.39 is 5.97 Å². The van der Waals surface area contributed by atoms with Crippen molar-refractivity contribution in [2.24, 2.45) is 0 Å². The number of carboxylic acids is 1. The first kappa shape index (κ1) is 12.8. The topological polar surface area (TPSA) is 42.2 Å². The number of aromatic nitrogens is 1. The predicted molar refractivity (Wildman–Crippen MR) is 79.5 cm³/mol. The zero-order valence-electron chi connectivity index (χ0n) is 10.6. The summed E-state index contributed by atoms with van der Waals surface area (Å²) in [5.74, 6) is -0.914. The average molecular weight is 286 g/mol. The number of halogens is 1. The van der Waals surface area contributed by atoms with E-state index in [2.05, 4.69) is 0 Å². The molecule has 0 saturated heterocycles. The lowest BCUT2D eigenvalue weighted by Gasteiger charge is -2.08. The molecule has 4 heteroatoms. The van der Waals surface area contributed by atoms with Gasteiger partial charge in [-0.25, -0.2) is 4.79 Å². The summed E-state index contributed by atoms with van der Waals surface area (Å²) in [6.45, 7) is 0.482. The van der Waals surface area contributed by atoms with Crippen molar-refractivity contribution < 1.29 is 9.90 Å². The van der Waals surface area contributed by atoms with E-state index in [0.29, 0.717) is 17.1 Å². The molecule has 0 fully saturated rings. The van der Waals surface area contributed by atoms with Crippen LogP contribution in [0.25, 0.3) is 10.9 Å². The lowest BCUT2D eigenvalue weighted by atomic mass is 10.1. The number of benzene rings is 2. The maximum atomic E-state index is 11.2. The van der Waals surface area contributed by atoms with Gasteiger partial charge in [0.05, 0.1) is 10.6 Å². The van der Waals surface area contributed by atoms with Crippen LogP contribution < -0.4 is 0 Å². The van der Waals surface area contributed by atoms with Crippen LogP contribution in [0.4, 0.5) is 0 Å². The highest BCUT2D eigenvalue weighted by Gasteiger charge is 2.11. The van der Waals surface area contributed by atoms with Crippen LogP contribution >= 0.6 is 11.6 Å². The Morgan fingerprint density at radius 2 is 1.80 bits per heavy atom. The first-order valence-corrected chi connectivity index (χ1v) is 6.59. The molecule has 1 heterocycles. The molecule has 3 nitrogen and oxygen atoms in total. The van der Waals surface area contributed by atoms with Crippen LogP contribution in [0.3, 0.4) is 0 Å². The number of carboxylic acid groups (broad SMARTS) is 1. The molecule has 3 rings (SSSR count). The molecule has 0 aliphatic rings. The molecule has 0 radical (unpaired) electrons. The van der Waals surface area contributed by atoms with E-state index in [9.17, 15) is 9.90 Å². The van der Waals surface area contributed by atoms with Gasteiger partial charge in [0.25, 0.3) is 0 Å². The van der Waals surface area contributed by atoms with Crippen molar-refractivity contribution in [2.45, 2.75) is 6.54 Å². The Morgan fingerprint density at radius 1 is 1.10 bits per heavy atom. The van der Waals surface area contributed by atoms with E-state index in [-0.39, 0.29) is 0 Å². The van der Waals surface area contributed by atoms with Gasteiger partial charge in [0, 0.05) is 23.6 Å². The number of hydrogen-bond acceptors (Lipinski definition) is 1. The standard InChI is InChI=1S/C16H12ClNO2/c17-14-10-18(15-8-4-3-7-13(14)15)9-11-5-1-2-6-12(11)16(19)20/h1-8,10H,9H2,(H,19,20). The Hall–Kier alpha value is -2.26. The molecule has 0 unspecified atom stereocenters. The summed E-state index contributed by atoms with van der Waals surface area (Å²) in [6.07, 6.45) is 1.84. The molecule has 2 aromatic carbocycles. The molecule has 3 aromatic rings. The number of aromatic carboxylic acids is 1. The molecule has 0 aliphatic heterocycles. The second-order valence-electron chi connectivity index (χ2n) is 4.58. The zero-order chi connectivity index (χ0) is 14.1. The van der Waals surface area contributed by atoms with Crippen molar-refractivity contribution in [3.05, 3.63) is 70.9 Å². The van der Waals surface area contributed by atoms with Crippen LogP contribution in [0.1, 0.15) is 15.9 Å². The number of rotatable bonds is 3. The van der Waals surface area contributed by atoms with E-state index in [4.69, 9.17) is 11.6 Å². The van der Waals surface area contributed by atoms with Crippen LogP contribution in [0.15, 0.2) is 54.7 Å². The Labute approximate surface area is 121 Å². The Morgan fingerprint density at radius 3 is 2.60 bits per heavy atom. The van der Waals surface area contributed by atoms with Gasteiger partial charge in [-0.05, 0) is 17.7 Å². The van der Waals surface area contributed by atoms with Crippen molar-refractivity contribution in [3.8, 4) is 0 Å². The predicted octanol–water partition coefficient (Wildman–Crippen LogP) is 4.04. The molecule has 1 N–H and O–H groups in total. The van der Waals surface area contributed by atoms with Gasteiger partial charge < -0.3 is 9.67 Å². The highest BCUT2D eigenvalue weighted by atomic mass is 35.5. The number of para-hydroxylation sites is 1. The second-order valence-corrected chi connectivity index (χ2v) is 4.99. The third-order valence-electron chi connectivity index (χ3n) is 3.33. The van der Waals surface area contributed by atoms with Gasteiger partial charge in [-0.15, -0.1) is 0 Å². The van der Waals surface area contributed by atoms with Gasteiger partial charge in [0.2, 0.25) is 0 Å². The second kappa shape index (κ2) is 5.02. The zero-order valence-corrected chi connectivity index (χ0v) is 11.3. The van der Waals surface area contributed by atoms with Crippen molar-refractivity contribution in [1.82, 2.24) is 4.57 Å².